The lowest BCUT2D eigenvalue weighted by Gasteiger charge is -2.22. The maximum atomic E-state index is 11.4. The minimum atomic E-state index is -0.970. The maximum Gasteiger partial charge on any atom is 0.407 e. The number of rotatable bonds is 5. The van der Waals surface area contributed by atoms with Gasteiger partial charge in [-0.3, -0.25) is 4.79 Å². The molecule has 0 bridgehead atoms. The summed E-state index contributed by atoms with van der Waals surface area (Å²) in [5.41, 5.74) is -0.591. The fourth-order valence-corrected chi connectivity index (χ4v) is 1.08. The number of hydrogen-bond donors (Lipinski definition) is 2. The second kappa shape index (κ2) is 6.15. The molecule has 16 heavy (non-hydrogen) atoms. The van der Waals surface area contributed by atoms with Crippen LogP contribution in [0.15, 0.2) is 12.7 Å². The van der Waals surface area contributed by atoms with E-state index < -0.39 is 23.7 Å². The molecule has 0 rings (SSSR count). The largest absolute Gasteiger partial charge is 0.481 e. The molecule has 0 aromatic carbocycles. The van der Waals surface area contributed by atoms with E-state index >= 15 is 0 Å². The van der Waals surface area contributed by atoms with Crippen molar-refractivity contribution in [2.24, 2.45) is 0 Å². The lowest BCUT2D eigenvalue weighted by Crippen LogP contribution is -2.40. The Morgan fingerprint density at radius 3 is 2.44 bits per heavy atom. The van der Waals surface area contributed by atoms with Gasteiger partial charge in [0.25, 0.3) is 0 Å². The first-order chi connectivity index (χ1) is 7.24. The second-order valence-electron chi connectivity index (χ2n) is 4.47. The van der Waals surface area contributed by atoms with Gasteiger partial charge in [-0.15, -0.1) is 6.58 Å². The average Bonchev–Trinajstić information content (AvgIpc) is 1.98. The van der Waals surface area contributed by atoms with Gasteiger partial charge in [-0.1, -0.05) is 6.08 Å². The van der Waals surface area contributed by atoms with Crippen molar-refractivity contribution in [2.45, 2.75) is 45.3 Å². The molecule has 0 saturated heterocycles. The Labute approximate surface area is 95.5 Å². The molecule has 0 aliphatic heterocycles. The van der Waals surface area contributed by atoms with E-state index in [1.54, 1.807) is 26.8 Å². The molecule has 0 saturated carbocycles. The molecule has 0 spiro atoms. The van der Waals surface area contributed by atoms with E-state index in [4.69, 9.17) is 9.84 Å². The number of carbonyl (C=O) groups excluding carboxylic acids is 1. The first kappa shape index (κ1) is 14.5. The van der Waals surface area contributed by atoms with Gasteiger partial charge in [-0.05, 0) is 27.2 Å². The third kappa shape index (κ3) is 7.84. The molecular formula is C11H19NO4. The minimum absolute atomic E-state index is 0.148. The van der Waals surface area contributed by atoms with Gasteiger partial charge in [0.1, 0.15) is 5.60 Å². The summed E-state index contributed by atoms with van der Waals surface area (Å²) in [5.74, 6) is -0.970. The van der Waals surface area contributed by atoms with Crippen molar-refractivity contribution < 1.29 is 19.4 Å². The fraction of sp³-hybridized carbons (Fsp3) is 0.636. The Kier molecular flexibility index (Phi) is 5.56. The summed E-state index contributed by atoms with van der Waals surface area (Å²) in [6.45, 7) is 8.73. The molecule has 5 heteroatoms. The van der Waals surface area contributed by atoms with Crippen LogP contribution in [0.3, 0.4) is 0 Å². The highest BCUT2D eigenvalue weighted by molar-refractivity contribution is 5.71. The van der Waals surface area contributed by atoms with Gasteiger partial charge in [0.15, 0.2) is 0 Å². The van der Waals surface area contributed by atoms with Gasteiger partial charge in [0.2, 0.25) is 0 Å². The van der Waals surface area contributed by atoms with Crippen LogP contribution in [-0.2, 0) is 9.53 Å². The highest BCUT2D eigenvalue weighted by Gasteiger charge is 2.20. The molecule has 92 valence electrons. The lowest BCUT2D eigenvalue weighted by molar-refractivity contribution is -0.137. The molecule has 0 unspecified atom stereocenters. The van der Waals surface area contributed by atoms with E-state index in [0.29, 0.717) is 6.42 Å². The van der Waals surface area contributed by atoms with Crippen molar-refractivity contribution in [2.75, 3.05) is 0 Å². The van der Waals surface area contributed by atoms with E-state index in [0.717, 1.165) is 0 Å². The summed E-state index contributed by atoms with van der Waals surface area (Å²) >= 11 is 0. The molecule has 5 nitrogen and oxygen atoms in total. The molecule has 1 atom stereocenters. The summed E-state index contributed by atoms with van der Waals surface area (Å²) in [6.07, 6.45) is 1.20. The van der Waals surface area contributed by atoms with Gasteiger partial charge >= 0.3 is 12.1 Å². The van der Waals surface area contributed by atoms with E-state index in [9.17, 15) is 9.59 Å². The predicted molar refractivity (Wildman–Crippen MR) is 60.2 cm³/mol. The predicted octanol–water partition coefficient (Wildman–Crippen LogP) is 1.93. The van der Waals surface area contributed by atoms with E-state index in [1.165, 1.54) is 0 Å². The molecule has 0 fully saturated rings. The number of hydrogen-bond acceptors (Lipinski definition) is 3. The third-order valence-corrected chi connectivity index (χ3v) is 1.59. The van der Waals surface area contributed by atoms with E-state index in [1.807, 2.05) is 0 Å². The van der Waals surface area contributed by atoms with Crippen molar-refractivity contribution >= 4 is 12.1 Å². The minimum Gasteiger partial charge on any atom is -0.481 e. The third-order valence-electron chi connectivity index (χ3n) is 1.59. The Balaban J connectivity index is 4.22. The van der Waals surface area contributed by atoms with Crippen LogP contribution in [0.4, 0.5) is 4.79 Å². The summed E-state index contributed by atoms with van der Waals surface area (Å²) in [5, 5.41) is 11.1. The number of carboxylic acid groups (broad SMARTS) is 1. The Morgan fingerprint density at radius 2 is 2.06 bits per heavy atom. The SMILES string of the molecule is C=CC[C@@H](CC(=O)O)NC(=O)OC(C)(C)C. The molecule has 2 N–H and O–H groups in total. The van der Waals surface area contributed by atoms with Crippen molar-refractivity contribution in [3.63, 3.8) is 0 Å². The van der Waals surface area contributed by atoms with Crippen molar-refractivity contribution in [1.82, 2.24) is 5.32 Å². The molecule has 0 radical (unpaired) electrons. The number of carboxylic acids is 1. The molecule has 0 aromatic rings. The zero-order chi connectivity index (χ0) is 12.8. The normalized spacial score (nSPS) is 12.7. The van der Waals surface area contributed by atoms with Crippen LogP contribution in [0.1, 0.15) is 33.6 Å². The first-order valence-electron chi connectivity index (χ1n) is 5.07. The van der Waals surface area contributed by atoms with Crippen LogP contribution in [0.5, 0.6) is 0 Å². The van der Waals surface area contributed by atoms with Crippen molar-refractivity contribution in [1.29, 1.82) is 0 Å². The molecule has 0 heterocycles. The summed E-state index contributed by atoms with van der Waals surface area (Å²) in [6, 6.07) is -0.482. The zero-order valence-corrected chi connectivity index (χ0v) is 9.95. The highest BCUT2D eigenvalue weighted by atomic mass is 16.6. The monoisotopic (exact) mass is 229 g/mol. The van der Waals surface area contributed by atoms with E-state index in [2.05, 4.69) is 11.9 Å². The van der Waals surface area contributed by atoms with Crippen LogP contribution in [0.2, 0.25) is 0 Å². The number of nitrogens with one attached hydrogen (secondary N) is 1. The Hall–Kier alpha value is -1.52. The topological polar surface area (TPSA) is 75.6 Å². The lowest BCUT2D eigenvalue weighted by atomic mass is 10.1. The van der Waals surface area contributed by atoms with Crippen molar-refractivity contribution in [3.05, 3.63) is 12.7 Å². The number of amides is 1. The molecule has 0 aromatic heterocycles. The van der Waals surface area contributed by atoms with Gasteiger partial charge in [0, 0.05) is 6.04 Å². The Morgan fingerprint density at radius 1 is 1.50 bits per heavy atom. The van der Waals surface area contributed by atoms with Crippen LogP contribution < -0.4 is 5.32 Å². The number of ether oxygens (including phenoxy) is 1. The number of carbonyl (C=O) groups is 2. The van der Waals surface area contributed by atoms with Crippen LogP contribution in [0, 0.1) is 0 Å². The van der Waals surface area contributed by atoms with Gasteiger partial charge in [-0.25, -0.2) is 4.79 Å². The zero-order valence-electron chi connectivity index (χ0n) is 9.95. The first-order valence-corrected chi connectivity index (χ1v) is 5.07. The van der Waals surface area contributed by atoms with E-state index in [-0.39, 0.29) is 6.42 Å². The molecule has 1 amide bonds. The molecule has 0 aliphatic rings. The smallest absolute Gasteiger partial charge is 0.407 e. The van der Waals surface area contributed by atoms with Crippen LogP contribution in [0.25, 0.3) is 0 Å². The van der Waals surface area contributed by atoms with Crippen LogP contribution >= 0.6 is 0 Å². The van der Waals surface area contributed by atoms with Crippen LogP contribution in [-0.4, -0.2) is 28.8 Å². The molecule has 0 aliphatic carbocycles. The van der Waals surface area contributed by atoms with Gasteiger partial charge in [0.05, 0.1) is 6.42 Å². The number of alkyl carbamates (subject to hydrolysis) is 1. The standard InChI is InChI=1S/C11H19NO4/c1-5-6-8(7-9(13)14)12-10(15)16-11(2,3)4/h5,8H,1,6-7H2,2-4H3,(H,12,15)(H,13,14)/t8-/m0/s1. The quantitative estimate of drug-likeness (QED) is 0.706. The average molecular weight is 229 g/mol. The summed E-state index contributed by atoms with van der Waals surface area (Å²) < 4.78 is 5.02. The van der Waals surface area contributed by atoms with Gasteiger partial charge in [-0.2, -0.15) is 0 Å². The van der Waals surface area contributed by atoms with Crippen molar-refractivity contribution in [3.8, 4) is 0 Å². The van der Waals surface area contributed by atoms with Gasteiger partial charge < -0.3 is 15.2 Å². The second-order valence-corrected chi connectivity index (χ2v) is 4.47. The maximum absolute atomic E-state index is 11.4. The fourth-order valence-electron chi connectivity index (χ4n) is 1.08. The number of aliphatic carboxylic acids is 1. The highest BCUT2D eigenvalue weighted by Crippen LogP contribution is 2.08. The Bertz CT molecular complexity index is 268. The summed E-state index contributed by atoms with van der Waals surface area (Å²) in [7, 11) is 0. The molecular weight excluding hydrogens is 210 g/mol. The summed E-state index contributed by atoms with van der Waals surface area (Å²) in [4.78, 5) is 21.9.